The number of aromatic nitrogens is 2. The van der Waals surface area contributed by atoms with Crippen LogP contribution in [0.25, 0.3) is 10.6 Å². The molecule has 0 saturated carbocycles. The van der Waals surface area contributed by atoms with Gasteiger partial charge in [-0.2, -0.15) is 5.10 Å². The number of carbonyl (C=O) groups is 2. The van der Waals surface area contributed by atoms with E-state index in [4.69, 9.17) is 5.14 Å². The molecule has 0 radical (unpaired) electrons. The SMILES string of the molecule is NS(=O)(=O)c1cccc(NC(=O)c2ccc(C(=O)Nc3cc(-c4ccc(Br)s4)[nH]n3)s2)c1. The number of nitrogens with two attached hydrogens (primary N) is 1. The first kappa shape index (κ1) is 22.4. The van der Waals surface area contributed by atoms with Crippen molar-refractivity contribution in [3.05, 3.63) is 68.1 Å². The van der Waals surface area contributed by atoms with E-state index in [2.05, 4.69) is 36.8 Å². The molecule has 13 heteroatoms. The van der Waals surface area contributed by atoms with Crippen LogP contribution in [-0.2, 0) is 10.0 Å². The van der Waals surface area contributed by atoms with Gasteiger partial charge < -0.3 is 10.6 Å². The van der Waals surface area contributed by atoms with Crippen molar-refractivity contribution in [2.45, 2.75) is 4.90 Å². The van der Waals surface area contributed by atoms with E-state index in [9.17, 15) is 18.0 Å². The van der Waals surface area contributed by atoms with Crippen molar-refractivity contribution in [3.8, 4) is 10.6 Å². The van der Waals surface area contributed by atoms with Gasteiger partial charge in [0, 0.05) is 11.8 Å². The molecule has 2 amide bonds. The normalized spacial score (nSPS) is 11.3. The van der Waals surface area contributed by atoms with E-state index in [0.29, 0.717) is 10.7 Å². The molecule has 0 unspecified atom stereocenters. The number of nitrogens with one attached hydrogen (secondary N) is 3. The molecule has 3 heterocycles. The second-order valence-electron chi connectivity index (χ2n) is 6.42. The molecule has 9 nitrogen and oxygen atoms in total. The number of sulfonamides is 1. The first-order valence-corrected chi connectivity index (χ1v) is 12.8. The average Bonchev–Trinajstić information content (AvgIpc) is 3.48. The number of aromatic amines is 1. The first-order valence-electron chi connectivity index (χ1n) is 8.85. The summed E-state index contributed by atoms with van der Waals surface area (Å²) in [7, 11) is -3.89. The molecule has 0 fully saturated rings. The van der Waals surface area contributed by atoms with Gasteiger partial charge >= 0.3 is 0 Å². The first-order chi connectivity index (χ1) is 15.2. The number of rotatable bonds is 6. The fourth-order valence-corrected chi connectivity index (χ4v) is 5.38. The van der Waals surface area contributed by atoms with Gasteiger partial charge in [-0.25, -0.2) is 13.6 Å². The van der Waals surface area contributed by atoms with Crippen LogP contribution >= 0.6 is 38.6 Å². The molecule has 0 aliphatic heterocycles. The molecule has 0 bridgehead atoms. The number of thiophene rings is 2. The van der Waals surface area contributed by atoms with Crippen LogP contribution in [0, 0.1) is 0 Å². The predicted molar refractivity (Wildman–Crippen MR) is 128 cm³/mol. The monoisotopic (exact) mass is 551 g/mol. The lowest BCUT2D eigenvalue weighted by atomic mass is 10.3. The summed E-state index contributed by atoms with van der Waals surface area (Å²) in [5, 5.41) is 17.4. The van der Waals surface area contributed by atoms with Gasteiger partial charge in [-0.05, 0) is 58.4 Å². The number of benzene rings is 1. The highest BCUT2D eigenvalue weighted by molar-refractivity contribution is 9.11. The second-order valence-corrected chi connectivity index (χ2v) is 11.5. The topological polar surface area (TPSA) is 147 Å². The largest absolute Gasteiger partial charge is 0.321 e. The Morgan fingerprint density at radius 2 is 1.69 bits per heavy atom. The molecule has 32 heavy (non-hydrogen) atoms. The Morgan fingerprint density at radius 3 is 2.34 bits per heavy atom. The van der Waals surface area contributed by atoms with Crippen LogP contribution in [0.4, 0.5) is 11.5 Å². The minimum absolute atomic E-state index is 0.116. The summed E-state index contributed by atoms with van der Waals surface area (Å²) in [4.78, 5) is 26.5. The molecule has 0 saturated heterocycles. The number of nitrogens with zero attached hydrogens (tertiary/aromatic N) is 1. The highest BCUT2D eigenvalue weighted by Crippen LogP contribution is 2.31. The molecule has 1 aromatic carbocycles. The van der Waals surface area contributed by atoms with Gasteiger partial charge in [0.1, 0.15) is 0 Å². The Kier molecular flexibility index (Phi) is 6.26. The maximum absolute atomic E-state index is 12.5. The van der Waals surface area contributed by atoms with Gasteiger partial charge in [0.25, 0.3) is 11.8 Å². The lowest BCUT2D eigenvalue weighted by Gasteiger charge is -2.05. The van der Waals surface area contributed by atoms with Crippen LogP contribution in [0.15, 0.2) is 63.3 Å². The van der Waals surface area contributed by atoms with Crippen LogP contribution in [0.5, 0.6) is 0 Å². The molecule has 0 aliphatic rings. The minimum Gasteiger partial charge on any atom is -0.321 e. The van der Waals surface area contributed by atoms with Gasteiger partial charge in [0.05, 0.1) is 29.0 Å². The number of hydrogen-bond donors (Lipinski definition) is 4. The summed E-state index contributed by atoms with van der Waals surface area (Å²) in [6.07, 6.45) is 0. The fraction of sp³-hybridized carbons (Fsp3) is 0. The third kappa shape index (κ3) is 5.14. The number of hydrogen-bond acceptors (Lipinski definition) is 7. The molecule has 5 N–H and O–H groups in total. The van der Waals surface area contributed by atoms with Crippen LogP contribution < -0.4 is 15.8 Å². The summed E-state index contributed by atoms with van der Waals surface area (Å²) in [6, 6.07) is 14.2. The van der Waals surface area contributed by atoms with Crippen molar-refractivity contribution in [2.75, 3.05) is 10.6 Å². The maximum Gasteiger partial charge on any atom is 0.266 e. The summed E-state index contributed by atoms with van der Waals surface area (Å²) in [5.74, 6) is -0.532. The van der Waals surface area contributed by atoms with Crippen LogP contribution in [0.1, 0.15) is 19.3 Å². The average molecular weight is 552 g/mol. The number of halogens is 1. The van der Waals surface area contributed by atoms with E-state index in [0.717, 1.165) is 25.7 Å². The van der Waals surface area contributed by atoms with Gasteiger partial charge in [-0.1, -0.05) is 6.07 Å². The second kappa shape index (κ2) is 8.96. The smallest absolute Gasteiger partial charge is 0.266 e. The van der Waals surface area contributed by atoms with Gasteiger partial charge in [0.2, 0.25) is 10.0 Å². The summed E-state index contributed by atoms with van der Waals surface area (Å²) >= 11 is 5.93. The highest BCUT2D eigenvalue weighted by atomic mass is 79.9. The zero-order chi connectivity index (χ0) is 22.9. The Hall–Kier alpha value is -2.84. The Morgan fingerprint density at radius 1 is 0.969 bits per heavy atom. The Labute approximate surface area is 198 Å². The zero-order valence-electron chi connectivity index (χ0n) is 16.0. The van der Waals surface area contributed by atoms with E-state index in [1.54, 1.807) is 6.07 Å². The molecule has 0 spiro atoms. The van der Waals surface area contributed by atoms with Crippen molar-refractivity contribution < 1.29 is 18.0 Å². The zero-order valence-corrected chi connectivity index (χ0v) is 20.0. The molecule has 4 aromatic rings. The van der Waals surface area contributed by atoms with Crippen molar-refractivity contribution in [2.24, 2.45) is 5.14 Å². The summed E-state index contributed by atoms with van der Waals surface area (Å²) in [6.45, 7) is 0. The lowest BCUT2D eigenvalue weighted by Crippen LogP contribution is -2.14. The number of amides is 2. The number of carbonyl (C=O) groups excluding carboxylic acids is 2. The third-order valence-electron chi connectivity index (χ3n) is 4.13. The standard InChI is InChI=1S/C19H14BrN5O4S3/c20-16-7-6-13(31-16)12-9-17(25-24-12)23-19(27)15-5-4-14(30-15)18(26)22-10-2-1-3-11(8-10)32(21,28)29/h1-9H,(H,22,26)(H2,21,28,29)(H2,23,24,25,27). The highest BCUT2D eigenvalue weighted by Gasteiger charge is 2.16. The number of anilines is 2. The fourth-order valence-electron chi connectivity index (χ4n) is 2.67. The van der Waals surface area contributed by atoms with E-state index >= 15 is 0 Å². The molecule has 0 aliphatic carbocycles. The number of H-pyrrole nitrogens is 1. The predicted octanol–water partition coefficient (Wildman–Crippen LogP) is 4.11. The molecular weight excluding hydrogens is 538 g/mol. The van der Waals surface area contributed by atoms with Crippen molar-refractivity contribution >= 4 is 71.9 Å². The minimum atomic E-state index is -3.89. The Bertz CT molecular complexity index is 1420. The summed E-state index contributed by atoms with van der Waals surface area (Å²) < 4.78 is 23.9. The van der Waals surface area contributed by atoms with Gasteiger partial charge in [-0.3, -0.25) is 14.7 Å². The van der Waals surface area contributed by atoms with Gasteiger partial charge in [0.15, 0.2) is 5.82 Å². The summed E-state index contributed by atoms with van der Waals surface area (Å²) in [5.41, 5.74) is 1.04. The van der Waals surface area contributed by atoms with Gasteiger partial charge in [-0.15, -0.1) is 22.7 Å². The van der Waals surface area contributed by atoms with E-state index in [1.807, 2.05) is 12.1 Å². The van der Waals surface area contributed by atoms with Crippen molar-refractivity contribution in [1.82, 2.24) is 10.2 Å². The molecule has 0 atom stereocenters. The van der Waals surface area contributed by atoms with E-state index < -0.39 is 21.8 Å². The third-order valence-corrected chi connectivity index (χ3v) is 7.78. The lowest BCUT2D eigenvalue weighted by molar-refractivity contribution is 0.102. The van der Waals surface area contributed by atoms with Crippen LogP contribution in [-0.4, -0.2) is 30.4 Å². The molecular formula is C19H14BrN5O4S3. The van der Waals surface area contributed by atoms with Crippen molar-refractivity contribution in [3.63, 3.8) is 0 Å². The quantitative estimate of drug-likeness (QED) is 0.284. The maximum atomic E-state index is 12.5. The molecule has 4 rings (SSSR count). The molecule has 164 valence electrons. The van der Waals surface area contributed by atoms with Crippen molar-refractivity contribution in [1.29, 1.82) is 0 Å². The van der Waals surface area contributed by atoms with E-state index in [1.165, 1.54) is 47.7 Å². The van der Waals surface area contributed by atoms with E-state index in [-0.39, 0.29) is 15.5 Å². The molecule has 3 aromatic heterocycles. The number of primary sulfonamides is 1. The van der Waals surface area contributed by atoms with Crippen LogP contribution in [0.2, 0.25) is 0 Å². The van der Waals surface area contributed by atoms with Crippen LogP contribution in [0.3, 0.4) is 0 Å². The Balaban J connectivity index is 1.43.